The Morgan fingerprint density at radius 1 is 0.900 bits per heavy atom. The molecule has 0 saturated carbocycles. The predicted molar refractivity (Wildman–Crippen MR) is 70.3 cm³/mol. The molecule has 4 heteroatoms. The molecule has 0 amide bonds. The summed E-state index contributed by atoms with van der Waals surface area (Å²) >= 11 is 0. The molecule has 0 fully saturated rings. The third-order valence-electron chi connectivity index (χ3n) is 3.25. The molecule has 2 aromatic carbocycles. The molecular formula is C16H13F3O. The van der Waals surface area contributed by atoms with Crippen molar-refractivity contribution in [1.82, 2.24) is 0 Å². The van der Waals surface area contributed by atoms with Crippen LogP contribution in [0, 0.1) is 31.3 Å². The van der Waals surface area contributed by atoms with E-state index in [1.807, 2.05) is 26.0 Å². The van der Waals surface area contributed by atoms with E-state index >= 15 is 0 Å². The van der Waals surface area contributed by atoms with Crippen LogP contribution in [-0.2, 0) is 6.42 Å². The molecule has 2 aromatic rings. The summed E-state index contributed by atoms with van der Waals surface area (Å²) in [7, 11) is 0. The van der Waals surface area contributed by atoms with Crippen molar-refractivity contribution >= 4 is 5.78 Å². The summed E-state index contributed by atoms with van der Waals surface area (Å²) in [6.45, 7) is 3.84. The summed E-state index contributed by atoms with van der Waals surface area (Å²) in [6, 6.07) is 6.44. The average molecular weight is 278 g/mol. The van der Waals surface area contributed by atoms with Crippen LogP contribution in [0.4, 0.5) is 13.2 Å². The highest BCUT2D eigenvalue weighted by atomic mass is 19.2. The Balaban J connectivity index is 2.28. The molecule has 0 atom stereocenters. The number of benzene rings is 2. The van der Waals surface area contributed by atoms with E-state index in [-0.39, 0.29) is 6.42 Å². The molecular weight excluding hydrogens is 265 g/mol. The lowest BCUT2D eigenvalue weighted by Gasteiger charge is -2.06. The molecule has 20 heavy (non-hydrogen) atoms. The van der Waals surface area contributed by atoms with Gasteiger partial charge in [-0.05, 0) is 36.6 Å². The van der Waals surface area contributed by atoms with Crippen LogP contribution in [0.25, 0.3) is 0 Å². The van der Waals surface area contributed by atoms with Crippen molar-refractivity contribution in [3.63, 3.8) is 0 Å². The van der Waals surface area contributed by atoms with Gasteiger partial charge in [0.25, 0.3) is 0 Å². The molecule has 0 bridgehead atoms. The standard InChI is InChI=1S/C16H13F3O/c1-9-3-4-11(5-10(9)2)6-16(20)12-7-14(18)15(19)8-13(12)17/h3-5,7-8H,6H2,1-2H3. The summed E-state index contributed by atoms with van der Waals surface area (Å²) in [5, 5.41) is 0. The first-order valence-electron chi connectivity index (χ1n) is 6.12. The van der Waals surface area contributed by atoms with Crippen molar-refractivity contribution < 1.29 is 18.0 Å². The van der Waals surface area contributed by atoms with Gasteiger partial charge in [0.2, 0.25) is 0 Å². The second-order valence-corrected chi connectivity index (χ2v) is 4.76. The zero-order chi connectivity index (χ0) is 14.9. The van der Waals surface area contributed by atoms with Gasteiger partial charge in [0, 0.05) is 12.5 Å². The number of Topliss-reactive ketones (excluding diaryl/α,β-unsaturated/α-hetero) is 1. The molecule has 0 unspecified atom stereocenters. The van der Waals surface area contributed by atoms with Gasteiger partial charge in [-0.25, -0.2) is 13.2 Å². The van der Waals surface area contributed by atoms with Crippen LogP contribution in [-0.4, -0.2) is 5.78 Å². The third-order valence-corrected chi connectivity index (χ3v) is 3.25. The van der Waals surface area contributed by atoms with Crippen LogP contribution in [0.2, 0.25) is 0 Å². The van der Waals surface area contributed by atoms with Crippen molar-refractivity contribution in [2.75, 3.05) is 0 Å². The molecule has 0 spiro atoms. The number of halogens is 3. The zero-order valence-corrected chi connectivity index (χ0v) is 11.1. The number of hydrogen-bond donors (Lipinski definition) is 0. The Hall–Kier alpha value is -2.10. The minimum atomic E-state index is -1.30. The van der Waals surface area contributed by atoms with Gasteiger partial charge in [0.1, 0.15) is 5.82 Å². The first-order valence-corrected chi connectivity index (χ1v) is 6.12. The van der Waals surface area contributed by atoms with Crippen molar-refractivity contribution in [2.45, 2.75) is 20.3 Å². The van der Waals surface area contributed by atoms with Crippen LogP contribution in [0.3, 0.4) is 0 Å². The number of rotatable bonds is 3. The van der Waals surface area contributed by atoms with Crippen molar-refractivity contribution in [3.05, 3.63) is 70.0 Å². The molecule has 0 aliphatic rings. The van der Waals surface area contributed by atoms with E-state index < -0.39 is 28.8 Å². The highest BCUT2D eigenvalue weighted by Crippen LogP contribution is 2.17. The number of hydrogen-bond acceptors (Lipinski definition) is 1. The Kier molecular flexibility index (Phi) is 3.93. The molecule has 0 aliphatic heterocycles. The number of carbonyl (C=O) groups is 1. The Labute approximate surface area is 115 Å². The SMILES string of the molecule is Cc1ccc(CC(=O)c2cc(F)c(F)cc2F)cc1C. The van der Waals surface area contributed by atoms with Gasteiger partial charge in [-0.15, -0.1) is 0 Å². The number of ketones is 1. The van der Waals surface area contributed by atoms with Crippen LogP contribution in [0.5, 0.6) is 0 Å². The zero-order valence-electron chi connectivity index (χ0n) is 11.1. The van der Waals surface area contributed by atoms with Crippen molar-refractivity contribution in [1.29, 1.82) is 0 Å². The summed E-state index contributed by atoms with van der Waals surface area (Å²) in [5.41, 5.74) is 2.38. The average Bonchev–Trinajstić information content (AvgIpc) is 2.38. The summed E-state index contributed by atoms with van der Waals surface area (Å²) in [6.07, 6.45) is -0.0525. The van der Waals surface area contributed by atoms with Crippen LogP contribution >= 0.6 is 0 Å². The van der Waals surface area contributed by atoms with E-state index in [9.17, 15) is 18.0 Å². The molecule has 0 heterocycles. The minimum Gasteiger partial charge on any atom is -0.294 e. The van der Waals surface area contributed by atoms with E-state index in [1.165, 1.54) is 0 Å². The van der Waals surface area contributed by atoms with Gasteiger partial charge in [0.05, 0.1) is 5.56 Å². The van der Waals surface area contributed by atoms with Crippen molar-refractivity contribution in [2.24, 2.45) is 0 Å². The van der Waals surface area contributed by atoms with Gasteiger partial charge >= 0.3 is 0 Å². The van der Waals surface area contributed by atoms with Crippen LogP contribution in [0.15, 0.2) is 30.3 Å². The third kappa shape index (κ3) is 2.90. The maximum absolute atomic E-state index is 13.5. The predicted octanol–water partition coefficient (Wildman–Crippen LogP) is 4.15. The molecule has 0 aliphatic carbocycles. The van der Waals surface area contributed by atoms with Gasteiger partial charge in [-0.3, -0.25) is 4.79 Å². The maximum Gasteiger partial charge on any atom is 0.170 e. The molecule has 0 radical (unpaired) electrons. The van der Waals surface area contributed by atoms with Crippen LogP contribution < -0.4 is 0 Å². The first kappa shape index (κ1) is 14.3. The summed E-state index contributed by atoms with van der Waals surface area (Å²) in [5.74, 6) is -4.15. The highest BCUT2D eigenvalue weighted by molar-refractivity contribution is 5.97. The monoisotopic (exact) mass is 278 g/mol. The van der Waals surface area contributed by atoms with Crippen LogP contribution in [0.1, 0.15) is 27.0 Å². The number of aryl methyl sites for hydroxylation is 2. The smallest absolute Gasteiger partial charge is 0.170 e. The highest BCUT2D eigenvalue weighted by Gasteiger charge is 2.16. The molecule has 1 nitrogen and oxygen atoms in total. The van der Waals surface area contributed by atoms with E-state index in [4.69, 9.17) is 0 Å². The second-order valence-electron chi connectivity index (χ2n) is 4.76. The fourth-order valence-electron chi connectivity index (χ4n) is 1.93. The molecule has 2 rings (SSSR count). The molecule has 0 saturated heterocycles. The summed E-state index contributed by atoms with van der Waals surface area (Å²) in [4.78, 5) is 12.0. The lowest BCUT2D eigenvalue weighted by atomic mass is 9.99. The second kappa shape index (κ2) is 5.49. The number of carbonyl (C=O) groups excluding carboxylic acids is 1. The summed E-state index contributed by atoms with van der Waals surface area (Å²) < 4.78 is 39.4. The van der Waals surface area contributed by atoms with E-state index in [2.05, 4.69) is 0 Å². The van der Waals surface area contributed by atoms with Gasteiger partial charge < -0.3 is 0 Å². The Morgan fingerprint density at radius 2 is 1.55 bits per heavy atom. The first-order chi connectivity index (χ1) is 9.38. The maximum atomic E-state index is 13.5. The largest absolute Gasteiger partial charge is 0.294 e. The minimum absolute atomic E-state index is 0.0525. The van der Waals surface area contributed by atoms with Gasteiger partial charge in [0.15, 0.2) is 17.4 Å². The fraction of sp³-hybridized carbons (Fsp3) is 0.188. The molecule has 0 N–H and O–H groups in total. The lowest BCUT2D eigenvalue weighted by Crippen LogP contribution is -2.08. The quantitative estimate of drug-likeness (QED) is 0.609. The van der Waals surface area contributed by atoms with Gasteiger partial charge in [-0.2, -0.15) is 0 Å². The van der Waals surface area contributed by atoms with Gasteiger partial charge in [-0.1, -0.05) is 18.2 Å². The molecule has 0 aromatic heterocycles. The lowest BCUT2D eigenvalue weighted by molar-refractivity contribution is 0.0988. The van der Waals surface area contributed by atoms with E-state index in [0.717, 1.165) is 11.1 Å². The molecule has 104 valence electrons. The fourth-order valence-corrected chi connectivity index (χ4v) is 1.93. The topological polar surface area (TPSA) is 17.1 Å². The Morgan fingerprint density at radius 3 is 2.20 bits per heavy atom. The van der Waals surface area contributed by atoms with Crippen molar-refractivity contribution in [3.8, 4) is 0 Å². The Bertz CT molecular complexity index is 678. The van der Waals surface area contributed by atoms with E-state index in [1.54, 1.807) is 6.07 Å². The normalized spacial score (nSPS) is 10.7. The van der Waals surface area contributed by atoms with E-state index in [0.29, 0.717) is 17.7 Å².